The molecule has 2 aromatic carbocycles. The number of nitrogens with zero attached hydrogens (tertiary/aromatic N) is 2. The molecule has 0 bridgehead atoms. The van der Waals surface area contributed by atoms with Crippen molar-refractivity contribution in [1.82, 2.24) is 9.88 Å². The van der Waals surface area contributed by atoms with Gasteiger partial charge >= 0.3 is 0 Å². The van der Waals surface area contributed by atoms with Gasteiger partial charge in [-0.3, -0.25) is 9.59 Å². The standard InChI is InChI=1S/C25H27N3O6S/c1-31-17-9-8-15(11-19(17)34-23-7-4-10-33-23)16-12-22(30)28(13-16)14-21(29)26-25-27-24-18(32-2)5-3-6-20(24)35-25/h3,5-6,8-9,11,16,23H,4,7,10,12-14H2,1-2H3,(H,26,27,29)/t16-,23?/m1/s1. The summed E-state index contributed by atoms with van der Waals surface area (Å²) in [6, 6.07) is 11.3. The van der Waals surface area contributed by atoms with Crippen molar-refractivity contribution in [3.8, 4) is 17.2 Å². The van der Waals surface area contributed by atoms with Gasteiger partial charge in [0.05, 0.1) is 32.1 Å². The van der Waals surface area contributed by atoms with Gasteiger partial charge in [0.15, 0.2) is 22.9 Å². The minimum Gasteiger partial charge on any atom is -0.494 e. The van der Waals surface area contributed by atoms with Crippen molar-refractivity contribution >= 4 is 38.5 Å². The Hall–Kier alpha value is -3.37. The highest BCUT2D eigenvalue weighted by molar-refractivity contribution is 7.22. The molecule has 35 heavy (non-hydrogen) atoms. The molecule has 0 saturated carbocycles. The number of hydrogen-bond acceptors (Lipinski definition) is 8. The van der Waals surface area contributed by atoms with Crippen LogP contribution in [0.25, 0.3) is 10.2 Å². The Morgan fingerprint density at radius 2 is 2.06 bits per heavy atom. The summed E-state index contributed by atoms with van der Waals surface area (Å²) < 4.78 is 23.3. The minimum absolute atomic E-state index is 0.0299. The second-order valence-corrected chi connectivity index (χ2v) is 9.55. The molecule has 1 N–H and O–H groups in total. The molecule has 2 atom stereocenters. The van der Waals surface area contributed by atoms with Crippen molar-refractivity contribution in [3.63, 3.8) is 0 Å². The number of carbonyl (C=O) groups excluding carboxylic acids is 2. The van der Waals surface area contributed by atoms with Crippen molar-refractivity contribution < 1.29 is 28.5 Å². The second kappa shape index (κ2) is 10.1. The zero-order chi connectivity index (χ0) is 24.4. The van der Waals surface area contributed by atoms with Crippen molar-refractivity contribution in [3.05, 3.63) is 42.0 Å². The summed E-state index contributed by atoms with van der Waals surface area (Å²) in [6.45, 7) is 1.11. The fraction of sp³-hybridized carbons (Fsp3) is 0.400. The number of ether oxygens (including phenoxy) is 4. The van der Waals surface area contributed by atoms with E-state index in [4.69, 9.17) is 18.9 Å². The molecule has 1 aromatic heterocycles. The van der Waals surface area contributed by atoms with Gasteiger partial charge in [0.2, 0.25) is 11.8 Å². The number of para-hydroxylation sites is 1. The van der Waals surface area contributed by atoms with Crippen LogP contribution in [0.1, 0.15) is 30.7 Å². The molecule has 5 rings (SSSR count). The molecule has 0 radical (unpaired) electrons. The topological polar surface area (TPSA) is 99.2 Å². The maximum Gasteiger partial charge on any atom is 0.245 e. The van der Waals surface area contributed by atoms with E-state index in [0.29, 0.717) is 47.5 Å². The Bertz CT molecular complexity index is 1240. The van der Waals surface area contributed by atoms with Crippen LogP contribution in [-0.2, 0) is 14.3 Å². The Kier molecular flexibility index (Phi) is 6.74. The summed E-state index contributed by atoms with van der Waals surface area (Å²) in [7, 11) is 3.18. The van der Waals surface area contributed by atoms with Gasteiger partial charge in [-0.25, -0.2) is 4.98 Å². The number of likely N-dealkylation sites (tertiary alicyclic amines) is 1. The van der Waals surface area contributed by atoms with Crippen LogP contribution in [0, 0.1) is 0 Å². The highest BCUT2D eigenvalue weighted by atomic mass is 32.1. The summed E-state index contributed by atoms with van der Waals surface area (Å²) in [5.74, 6) is 1.49. The lowest BCUT2D eigenvalue weighted by atomic mass is 9.98. The van der Waals surface area contributed by atoms with Gasteiger partial charge in [-0.15, -0.1) is 0 Å². The van der Waals surface area contributed by atoms with Crippen LogP contribution in [0.5, 0.6) is 17.2 Å². The van der Waals surface area contributed by atoms with Crippen LogP contribution < -0.4 is 19.5 Å². The number of rotatable bonds is 8. The predicted octanol–water partition coefficient (Wildman–Crippen LogP) is 3.78. The summed E-state index contributed by atoms with van der Waals surface area (Å²) in [5.41, 5.74) is 1.67. The number of amides is 2. The van der Waals surface area contributed by atoms with Crippen molar-refractivity contribution in [1.29, 1.82) is 0 Å². The first kappa shape index (κ1) is 23.4. The maximum atomic E-state index is 12.7. The Morgan fingerprint density at radius 3 is 2.83 bits per heavy atom. The van der Waals surface area contributed by atoms with Crippen LogP contribution in [0.15, 0.2) is 36.4 Å². The van der Waals surface area contributed by atoms with Gasteiger partial charge in [0.25, 0.3) is 0 Å². The van der Waals surface area contributed by atoms with Gasteiger partial charge in [0.1, 0.15) is 11.3 Å². The molecule has 0 aliphatic carbocycles. The average molecular weight is 498 g/mol. The van der Waals surface area contributed by atoms with E-state index in [1.165, 1.54) is 11.3 Å². The summed E-state index contributed by atoms with van der Waals surface area (Å²) in [5, 5.41) is 3.29. The first-order chi connectivity index (χ1) is 17.0. The SMILES string of the molecule is COc1ccc([C@@H]2CC(=O)N(CC(=O)Nc3nc4c(OC)cccc4s3)C2)cc1OC1CCCO1. The smallest absolute Gasteiger partial charge is 0.245 e. The fourth-order valence-corrected chi connectivity index (χ4v) is 5.34. The van der Waals surface area contributed by atoms with Gasteiger partial charge in [-0.05, 0) is 36.2 Å². The normalized spacial score (nSPS) is 19.8. The molecule has 1 unspecified atom stereocenters. The summed E-state index contributed by atoms with van der Waals surface area (Å²) in [4.78, 5) is 31.4. The number of nitrogens with one attached hydrogen (secondary N) is 1. The number of aromatic nitrogens is 1. The van der Waals surface area contributed by atoms with E-state index in [-0.39, 0.29) is 30.6 Å². The predicted molar refractivity (Wildman–Crippen MR) is 131 cm³/mol. The zero-order valence-electron chi connectivity index (χ0n) is 19.6. The molecule has 10 heteroatoms. The second-order valence-electron chi connectivity index (χ2n) is 8.52. The number of anilines is 1. The van der Waals surface area contributed by atoms with Crippen LogP contribution in [-0.4, -0.2) is 61.9 Å². The Morgan fingerprint density at radius 1 is 1.20 bits per heavy atom. The number of methoxy groups -OCH3 is 2. The molecule has 0 spiro atoms. The third kappa shape index (κ3) is 5.03. The number of fused-ring (bicyclic) bond motifs is 1. The lowest BCUT2D eigenvalue weighted by Crippen LogP contribution is -2.34. The highest BCUT2D eigenvalue weighted by Crippen LogP contribution is 2.36. The lowest BCUT2D eigenvalue weighted by molar-refractivity contribution is -0.131. The van der Waals surface area contributed by atoms with E-state index in [9.17, 15) is 9.59 Å². The lowest BCUT2D eigenvalue weighted by Gasteiger charge is -2.19. The number of thiazole rings is 1. The van der Waals surface area contributed by atoms with Gasteiger partial charge in [-0.2, -0.15) is 0 Å². The molecule has 2 saturated heterocycles. The molecule has 2 aliphatic rings. The molecule has 184 valence electrons. The molecule has 3 heterocycles. The largest absolute Gasteiger partial charge is 0.494 e. The van der Waals surface area contributed by atoms with E-state index < -0.39 is 0 Å². The van der Waals surface area contributed by atoms with E-state index in [1.807, 2.05) is 36.4 Å². The molecule has 2 aliphatic heterocycles. The van der Waals surface area contributed by atoms with Crippen LogP contribution in [0.2, 0.25) is 0 Å². The van der Waals surface area contributed by atoms with Crippen LogP contribution >= 0.6 is 11.3 Å². The van der Waals surface area contributed by atoms with Crippen molar-refractivity contribution in [2.75, 3.05) is 39.2 Å². The summed E-state index contributed by atoms with van der Waals surface area (Å²) >= 11 is 1.37. The summed E-state index contributed by atoms with van der Waals surface area (Å²) in [6.07, 6.45) is 1.84. The van der Waals surface area contributed by atoms with E-state index in [0.717, 1.165) is 23.1 Å². The quantitative estimate of drug-likeness (QED) is 0.506. The van der Waals surface area contributed by atoms with Crippen molar-refractivity contribution in [2.24, 2.45) is 0 Å². The zero-order valence-corrected chi connectivity index (χ0v) is 20.4. The van der Waals surface area contributed by atoms with Crippen LogP contribution in [0.3, 0.4) is 0 Å². The molecule has 9 nitrogen and oxygen atoms in total. The molecular weight excluding hydrogens is 470 g/mol. The van der Waals surface area contributed by atoms with Gasteiger partial charge in [0, 0.05) is 25.3 Å². The third-order valence-electron chi connectivity index (χ3n) is 6.20. The van der Waals surface area contributed by atoms with Gasteiger partial charge < -0.3 is 29.2 Å². The van der Waals surface area contributed by atoms with E-state index in [1.54, 1.807) is 19.1 Å². The average Bonchev–Trinajstić information content (AvgIpc) is 3.59. The van der Waals surface area contributed by atoms with E-state index in [2.05, 4.69) is 10.3 Å². The van der Waals surface area contributed by atoms with Crippen LogP contribution in [0.4, 0.5) is 5.13 Å². The first-order valence-corrected chi connectivity index (χ1v) is 12.3. The number of benzene rings is 2. The maximum absolute atomic E-state index is 12.7. The fourth-order valence-electron chi connectivity index (χ4n) is 4.44. The van der Waals surface area contributed by atoms with E-state index >= 15 is 0 Å². The van der Waals surface area contributed by atoms with Gasteiger partial charge in [-0.1, -0.05) is 23.5 Å². The Balaban J connectivity index is 1.24. The highest BCUT2D eigenvalue weighted by Gasteiger charge is 2.32. The molecule has 2 fully saturated rings. The molecule has 2 amide bonds. The Labute approximate surface area is 206 Å². The number of hydrogen-bond donors (Lipinski definition) is 1. The minimum atomic E-state index is -0.285. The number of carbonyl (C=O) groups is 2. The molecule has 3 aromatic rings. The monoisotopic (exact) mass is 497 g/mol. The molecular formula is C25H27N3O6S. The first-order valence-electron chi connectivity index (χ1n) is 11.5. The third-order valence-corrected chi connectivity index (χ3v) is 7.14. The van der Waals surface area contributed by atoms with Crippen molar-refractivity contribution in [2.45, 2.75) is 31.5 Å².